The molecule has 1 aromatic carbocycles. The fraction of sp³-hybridized carbons (Fsp3) is 0.0909. The highest BCUT2D eigenvalue weighted by atomic mass is 32.1. The highest BCUT2D eigenvalue weighted by Gasteiger charge is 2.03. The number of hydrogen-bond donors (Lipinski definition) is 1. The highest BCUT2D eigenvalue weighted by Crippen LogP contribution is 2.33. The number of aromatic hydroxyl groups is 1. The van der Waals surface area contributed by atoms with E-state index >= 15 is 0 Å². The molecule has 0 spiro atoms. The summed E-state index contributed by atoms with van der Waals surface area (Å²) in [6.45, 7) is 2.05. The van der Waals surface area contributed by atoms with Crippen molar-refractivity contribution in [3.05, 3.63) is 41.3 Å². The summed E-state index contributed by atoms with van der Waals surface area (Å²) in [5.41, 5.74) is 3.23. The first-order chi connectivity index (χ1) is 6.27. The van der Waals surface area contributed by atoms with Gasteiger partial charge in [-0.1, -0.05) is 29.8 Å². The van der Waals surface area contributed by atoms with Crippen LogP contribution < -0.4 is 0 Å². The maximum Gasteiger partial charge on any atom is 0.179 e. The van der Waals surface area contributed by atoms with Crippen molar-refractivity contribution >= 4 is 11.3 Å². The smallest absolute Gasteiger partial charge is 0.179 e. The summed E-state index contributed by atoms with van der Waals surface area (Å²) >= 11 is 1.36. The van der Waals surface area contributed by atoms with E-state index in [0.717, 1.165) is 11.1 Å². The van der Waals surface area contributed by atoms with Crippen LogP contribution in [0.15, 0.2) is 35.7 Å². The molecule has 0 saturated carbocycles. The van der Waals surface area contributed by atoms with E-state index in [1.807, 2.05) is 35.7 Å². The molecular formula is C11H10OS. The first-order valence-corrected chi connectivity index (χ1v) is 4.99. The van der Waals surface area contributed by atoms with Gasteiger partial charge in [-0.15, -0.1) is 11.3 Å². The van der Waals surface area contributed by atoms with Crippen LogP contribution in [-0.4, -0.2) is 5.11 Å². The fourth-order valence-corrected chi connectivity index (χ4v) is 1.90. The Balaban J connectivity index is 2.47. The molecule has 2 rings (SSSR count). The maximum atomic E-state index is 9.49. The first-order valence-electron chi connectivity index (χ1n) is 4.11. The molecule has 0 bridgehead atoms. The molecular weight excluding hydrogens is 180 g/mol. The molecule has 2 aromatic rings. The van der Waals surface area contributed by atoms with Crippen LogP contribution in [0.1, 0.15) is 5.56 Å². The van der Waals surface area contributed by atoms with Gasteiger partial charge in [-0.3, -0.25) is 0 Å². The lowest BCUT2D eigenvalue weighted by Crippen LogP contribution is -1.75. The quantitative estimate of drug-likeness (QED) is 0.730. The zero-order chi connectivity index (χ0) is 9.26. The average molecular weight is 190 g/mol. The van der Waals surface area contributed by atoms with Crippen molar-refractivity contribution in [2.45, 2.75) is 6.92 Å². The minimum atomic E-state index is 0.392. The number of aryl methyl sites for hydroxylation is 1. The lowest BCUT2D eigenvalue weighted by atomic mass is 10.1. The molecule has 13 heavy (non-hydrogen) atoms. The topological polar surface area (TPSA) is 20.2 Å². The normalized spacial score (nSPS) is 10.2. The zero-order valence-electron chi connectivity index (χ0n) is 7.32. The van der Waals surface area contributed by atoms with E-state index in [2.05, 4.69) is 6.92 Å². The van der Waals surface area contributed by atoms with Gasteiger partial charge in [-0.2, -0.15) is 0 Å². The van der Waals surface area contributed by atoms with Gasteiger partial charge >= 0.3 is 0 Å². The van der Waals surface area contributed by atoms with Crippen LogP contribution >= 0.6 is 11.3 Å². The van der Waals surface area contributed by atoms with Gasteiger partial charge in [0, 0.05) is 5.56 Å². The minimum absolute atomic E-state index is 0.392. The molecule has 0 atom stereocenters. The van der Waals surface area contributed by atoms with Crippen LogP contribution in [0, 0.1) is 6.92 Å². The molecule has 0 radical (unpaired) electrons. The minimum Gasteiger partial charge on any atom is -0.499 e. The molecule has 1 aromatic heterocycles. The van der Waals surface area contributed by atoms with Crippen LogP contribution in [-0.2, 0) is 0 Å². The van der Waals surface area contributed by atoms with Gasteiger partial charge in [0.1, 0.15) is 0 Å². The summed E-state index contributed by atoms with van der Waals surface area (Å²) in [7, 11) is 0. The van der Waals surface area contributed by atoms with Crippen molar-refractivity contribution in [1.82, 2.24) is 0 Å². The van der Waals surface area contributed by atoms with Crippen molar-refractivity contribution < 1.29 is 5.11 Å². The summed E-state index contributed by atoms with van der Waals surface area (Å²) in [5, 5.41) is 11.8. The molecule has 0 amide bonds. The molecule has 0 fully saturated rings. The predicted octanol–water partition coefficient (Wildman–Crippen LogP) is 3.43. The molecule has 0 aliphatic heterocycles. The van der Waals surface area contributed by atoms with Gasteiger partial charge in [0.25, 0.3) is 0 Å². The second-order valence-electron chi connectivity index (χ2n) is 3.01. The van der Waals surface area contributed by atoms with Crippen LogP contribution in [0.4, 0.5) is 0 Å². The summed E-state index contributed by atoms with van der Waals surface area (Å²) in [6.07, 6.45) is 0. The summed E-state index contributed by atoms with van der Waals surface area (Å²) in [6, 6.07) is 10.1. The van der Waals surface area contributed by atoms with Crippen LogP contribution in [0.25, 0.3) is 11.1 Å². The molecule has 0 saturated heterocycles. The van der Waals surface area contributed by atoms with Crippen molar-refractivity contribution in [1.29, 1.82) is 0 Å². The Bertz CT molecular complexity index is 400. The number of benzene rings is 1. The summed E-state index contributed by atoms with van der Waals surface area (Å²) in [4.78, 5) is 0. The second kappa shape index (κ2) is 3.23. The molecule has 1 heterocycles. The van der Waals surface area contributed by atoms with Crippen molar-refractivity contribution in [2.75, 3.05) is 0 Å². The molecule has 2 heteroatoms. The Hall–Kier alpha value is -1.28. The third-order valence-corrected chi connectivity index (χ3v) is 2.72. The Kier molecular flexibility index (Phi) is 2.07. The van der Waals surface area contributed by atoms with Crippen LogP contribution in [0.3, 0.4) is 0 Å². The molecule has 66 valence electrons. The Morgan fingerprint density at radius 1 is 1.08 bits per heavy atom. The van der Waals surface area contributed by atoms with E-state index in [9.17, 15) is 5.11 Å². The third kappa shape index (κ3) is 1.58. The highest BCUT2D eigenvalue weighted by molar-refractivity contribution is 7.12. The van der Waals surface area contributed by atoms with Crippen molar-refractivity contribution in [2.24, 2.45) is 0 Å². The van der Waals surface area contributed by atoms with E-state index in [0.29, 0.717) is 5.06 Å². The molecule has 0 aliphatic rings. The van der Waals surface area contributed by atoms with Crippen molar-refractivity contribution in [3.63, 3.8) is 0 Å². The van der Waals surface area contributed by atoms with Crippen LogP contribution in [0.2, 0.25) is 0 Å². The SMILES string of the molecule is Cc1ccc(-c2ccsc2O)cc1. The molecule has 1 N–H and O–H groups in total. The molecule has 1 nitrogen and oxygen atoms in total. The second-order valence-corrected chi connectivity index (χ2v) is 3.90. The number of hydrogen-bond acceptors (Lipinski definition) is 2. The maximum absolute atomic E-state index is 9.49. The van der Waals surface area contributed by atoms with Crippen LogP contribution in [0.5, 0.6) is 5.06 Å². The lowest BCUT2D eigenvalue weighted by Gasteiger charge is -1.99. The van der Waals surface area contributed by atoms with E-state index in [1.54, 1.807) is 0 Å². The largest absolute Gasteiger partial charge is 0.499 e. The average Bonchev–Trinajstić information content (AvgIpc) is 2.53. The van der Waals surface area contributed by atoms with E-state index in [-0.39, 0.29) is 0 Å². The number of rotatable bonds is 1. The third-order valence-electron chi connectivity index (χ3n) is 2.01. The van der Waals surface area contributed by atoms with Gasteiger partial charge in [0.05, 0.1) is 0 Å². The fourth-order valence-electron chi connectivity index (χ4n) is 1.25. The Morgan fingerprint density at radius 2 is 1.77 bits per heavy atom. The lowest BCUT2D eigenvalue weighted by molar-refractivity contribution is 0.493. The van der Waals surface area contributed by atoms with Gasteiger partial charge in [0.2, 0.25) is 0 Å². The van der Waals surface area contributed by atoms with Crippen molar-refractivity contribution in [3.8, 4) is 16.2 Å². The zero-order valence-corrected chi connectivity index (χ0v) is 8.14. The van der Waals surface area contributed by atoms with E-state index < -0.39 is 0 Å². The van der Waals surface area contributed by atoms with E-state index in [1.165, 1.54) is 16.9 Å². The van der Waals surface area contributed by atoms with Gasteiger partial charge in [0.15, 0.2) is 5.06 Å². The summed E-state index contributed by atoms with van der Waals surface area (Å²) in [5.74, 6) is 0. The standard InChI is InChI=1S/C11H10OS/c1-8-2-4-9(5-3-8)10-6-7-13-11(10)12/h2-7,12H,1H3. The molecule has 0 aliphatic carbocycles. The van der Waals surface area contributed by atoms with Gasteiger partial charge in [-0.05, 0) is 23.9 Å². The summed E-state index contributed by atoms with van der Waals surface area (Å²) < 4.78 is 0. The molecule has 0 unspecified atom stereocenters. The number of thiophene rings is 1. The Labute approximate surface area is 81.3 Å². The van der Waals surface area contributed by atoms with E-state index in [4.69, 9.17) is 0 Å². The van der Waals surface area contributed by atoms with Gasteiger partial charge < -0.3 is 5.11 Å². The predicted molar refractivity (Wildman–Crippen MR) is 56.2 cm³/mol. The van der Waals surface area contributed by atoms with Gasteiger partial charge in [-0.25, -0.2) is 0 Å². The monoisotopic (exact) mass is 190 g/mol. The first kappa shape index (κ1) is 8.32. The Morgan fingerprint density at radius 3 is 2.31 bits per heavy atom.